The average Bonchev–Trinajstić information content (AvgIpc) is 2.79. The van der Waals surface area contributed by atoms with Gasteiger partial charge in [0, 0.05) is 13.1 Å². The summed E-state index contributed by atoms with van der Waals surface area (Å²) in [6.45, 7) is 7.44. The lowest BCUT2D eigenvalue weighted by atomic mass is 10.1. The second-order valence-electron chi connectivity index (χ2n) is 8.71. The van der Waals surface area contributed by atoms with E-state index in [2.05, 4.69) is 5.32 Å². The molecular weight excluding hydrogens is 457 g/mol. The van der Waals surface area contributed by atoms with E-state index in [0.29, 0.717) is 24.2 Å². The Hall–Kier alpha value is -2.94. The van der Waals surface area contributed by atoms with Gasteiger partial charge in [0.1, 0.15) is 18.4 Å². The third-order valence-corrected chi connectivity index (χ3v) is 6.56. The number of nitrogens with one attached hydrogen (secondary N) is 1. The monoisotopic (exact) mass is 491 g/mol. The average molecular weight is 492 g/mol. The number of hydrogen-bond donors (Lipinski definition) is 1. The summed E-state index contributed by atoms with van der Waals surface area (Å²) in [6, 6.07) is 11.8. The quantitative estimate of drug-likeness (QED) is 0.522. The number of benzene rings is 2. The molecule has 0 saturated heterocycles. The fraction of sp³-hybridized carbons (Fsp3) is 0.440. The van der Waals surface area contributed by atoms with Crippen LogP contribution in [0.5, 0.6) is 0 Å². The maximum absolute atomic E-state index is 13.5. The summed E-state index contributed by atoms with van der Waals surface area (Å²) in [4.78, 5) is 27.6. The summed E-state index contributed by atoms with van der Waals surface area (Å²) >= 11 is 0. The summed E-state index contributed by atoms with van der Waals surface area (Å²) in [5.41, 5.74) is 1.84. The van der Waals surface area contributed by atoms with Crippen molar-refractivity contribution in [2.75, 3.05) is 23.7 Å². The van der Waals surface area contributed by atoms with Crippen LogP contribution in [0.25, 0.3) is 0 Å². The van der Waals surface area contributed by atoms with Crippen LogP contribution in [0.2, 0.25) is 0 Å². The molecule has 0 unspecified atom stereocenters. The van der Waals surface area contributed by atoms with Gasteiger partial charge in [-0.05, 0) is 48.6 Å². The molecule has 0 bridgehead atoms. The molecule has 0 spiro atoms. The van der Waals surface area contributed by atoms with E-state index in [4.69, 9.17) is 0 Å². The standard InChI is InChI=1S/C25H34FN3O4S/c1-6-21-9-7-8-10-23(21)29(34(5,32)33)17-24(30)28(16-20-11-13-22(26)14-12-20)19(4)25(31)27-15-18(2)3/h7-14,18-19H,6,15-17H2,1-5H3,(H,27,31)/t19-/m1/s1. The summed E-state index contributed by atoms with van der Waals surface area (Å²) in [7, 11) is -3.79. The lowest BCUT2D eigenvalue weighted by Crippen LogP contribution is -2.51. The zero-order chi connectivity index (χ0) is 25.5. The largest absolute Gasteiger partial charge is 0.354 e. The van der Waals surface area contributed by atoms with E-state index in [-0.39, 0.29) is 18.4 Å². The van der Waals surface area contributed by atoms with Crippen LogP contribution in [0.15, 0.2) is 48.5 Å². The van der Waals surface area contributed by atoms with Gasteiger partial charge in [0.05, 0.1) is 11.9 Å². The Morgan fingerprint density at radius 1 is 1.03 bits per heavy atom. The van der Waals surface area contributed by atoms with Crippen molar-refractivity contribution in [2.24, 2.45) is 5.92 Å². The molecular formula is C25H34FN3O4S. The molecule has 2 aromatic rings. The predicted molar refractivity (Wildman–Crippen MR) is 132 cm³/mol. The van der Waals surface area contributed by atoms with Gasteiger partial charge >= 0.3 is 0 Å². The number of halogens is 1. The highest BCUT2D eigenvalue weighted by atomic mass is 32.2. The van der Waals surface area contributed by atoms with Gasteiger partial charge in [-0.1, -0.05) is 51.1 Å². The minimum atomic E-state index is -3.79. The van der Waals surface area contributed by atoms with Crippen molar-refractivity contribution in [1.82, 2.24) is 10.2 Å². The molecule has 0 radical (unpaired) electrons. The van der Waals surface area contributed by atoms with Gasteiger partial charge in [-0.2, -0.15) is 0 Å². The van der Waals surface area contributed by atoms with Gasteiger partial charge in [-0.3, -0.25) is 13.9 Å². The van der Waals surface area contributed by atoms with Crippen molar-refractivity contribution in [3.8, 4) is 0 Å². The first-order valence-electron chi connectivity index (χ1n) is 11.3. The second-order valence-corrected chi connectivity index (χ2v) is 10.6. The Balaban J connectivity index is 2.39. The molecule has 9 heteroatoms. The third kappa shape index (κ3) is 7.55. The zero-order valence-electron chi connectivity index (χ0n) is 20.4. The SMILES string of the molecule is CCc1ccccc1N(CC(=O)N(Cc1ccc(F)cc1)[C@H](C)C(=O)NCC(C)C)S(C)(=O)=O. The second kappa shape index (κ2) is 12.0. The van der Waals surface area contributed by atoms with Gasteiger partial charge < -0.3 is 10.2 Å². The first-order chi connectivity index (χ1) is 15.9. The smallest absolute Gasteiger partial charge is 0.244 e. The Bertz CT molecular complexity index is 1090. The number of hydrogen-bond acceptors (Lipinski definition) is 4. The van der Waals surface area contributed by atoms with Gasteiger partial charge in [0.2, 0.25) is 21.8 Å². The molecule has 0 fully saturated rings. The first kappa shape index (κ1) is 27.3. The van der Waals surface area contributed by atoms with Gasteiger partial charge in [0.25, 0.3) is 0 Å². The highest BCUT2D eigenvalue weighted by Crippen LogP contribution is 2.24. The Kier molecular flexibility index (Phi) is 9.61. The van der Waals surface area contributed by atoms with Gasteiger partial charge in [-0.25, -0.2) is 12.8 Å². The topological polar surface area (TPSA) is 86.8 Å². The maximum atomic E-state index is 13.5. The third-order valence-electron chi connectivity index (χ3n) is 5.44. The number of carbonyl (C=O) groups excluding carboxylic acids is 2. The summed E-state index contributed by atoms with van der Waals surface area (Å²) in [5, 5.41) is 2.82. The van der Waals surface area contributed by atoms with Crippen molar-refractivity contribution in [2.45, 2.75) is 46.7 Å². The Labute approximate surface area is 202 Å². The number of anilines is 1. The number of carbonyl (C=O) groups is 2. The molecule has 1 atom stereocenters. The molecule has 7 nitrogen and oxygen atoms in total. The molecule has 34 heavy (non-hydrogen) atoms. The maximum Gasteiger partial charge on any atom is 0.244 e. The van der Waals surface area contributed by atoms with Crippen molar-refractivity contribution in [3.05, 3.63) is 65.5 Å². The van der Waals surface area contributed by atoms with Crippen LogP contribution in [0.4, 0.5) is 10.1 Å². The van der Waals surface area contributed by atoms with Gasteiger partial charge in [0.15, 0.2) is 0 Å². The van der Waals surface area contributed by atoms with Crippen molar-refractivity contribution < 1.29 is 22.4 Å². The van der Waals surface area contributed by atoms with Crippen molar-refractivity contribution in [1.29, 1.82) is 0 Å². The van der Waals surface area contributed by atoms with E-state index in [1.54, 1.807) is 19.1 Å². The molecule has 0 aliphatic heterocycles. The van der Waals surface area contributed by atoms with Crippen LogP contribution in [0.3, 0.4) is 0 Å². The molecule has 2 aromatic carbocycles. The van der Waals surface area contributed by atoms with Gasteiger partial charge in [-0.15, -0.1) is 0 Å². The minimum Gasteiger partial charge on any atom is -0.354 e. The number of nitrogens with zero attached hydrogens (tertiary/aromatic N) is 2. The Morgan fingerprint density at radius 3 is 2.21 bits per heavy atom. The number of aryl methyl sites for hydroxylation is 1. The van der Waals surface area contributed by atoms with Crippen LogP contribution >= 0.6 is 0 Å². The fourth-order valence-electron chi connectivity index (χ4n) is 3.47. The Morgan fingerprint density at radius 2 is 1.65 bits per heavy atom. The van der Waals surface area contributed by atoms with E-state index in [9.17, 15) is 22.4 Å². The van der Waals surface area contributed by atoms with Crippen molar-refractivity contribution in [3.63, 3.8) is 0 Å². The van der Waals surface area contributed by atoms with Crippen molar-refractivity contribution >= 4 is 27.5 Å². The van der Waals surface area contributed by atoms with Crippen LogP contribution in [0.1, 0.15) is 38.8 Å². The normalized spacial score (nSPS) is 12.3. The van der Waals surface area contributed by atoms with E-state index < -0.39 is 34.3 Å². The fourth-order valence-corrected chi connectivity index (χ4v) is 4.35. The van der Waals surface area contributed by atoms with Crippen LogP contribution in [-0.2, 0) is 32.6 Å². The zero-order valence-corrected chi connectivity index (χ0v) is 21.2. The first-order valence-corrected chi connectivity index (χ1v) is 13.2. The number of para-hydroxylation sites is 1. The van der Waals surface area contributed by atoms with E-state index in [1.807, 2.05) is 32.9 Å². The molecule has 186 valence electrons. The van der Waals surface area contributed by atoms with Crippen LogP contribution in [0, 0.1) is 11.7 Å². The molecule has 1 N–H and O–H groups in total. The van der Waals surface area contributed by atoms with Crippen LogP contribution in [-0.4, -0.2) is 50.5 Å². The molecule has 0 aromatic heterocycles. The van der Waals surface area contributed by atoms with E-state index in [0.717, 1.165) is 16.1 Å². The number of rotatable bonds is 11. The highest BCUT2D eigenvalue weighted by molar-refractivity contribution is 7.92. The molecule has 0 aliphatic rings. The minimum absolute atomic E-state index is 0.0302. The molecule has 0 heterocycles. The highest BCUT2D eigenvalue weighted by Gasteiger charge is 2.30. The molecule has 0 aliphatic carbocycles. The summed E-state index contributed by atoms with van der Waals surface area (Å²) in [5.74, 6) is -1.07. The van der Waals surface area contributed by atoms with E-state index >= 15 is 0 Å². The van der Waals surface area contributed by atoms with E-state index in [1.165, 1.54) is 29.2 Å². The molecule has 2 rings (SSSR count). The molecule has 0 saturated carbocycles. The lowest BCUT2D eigenvalue weighted by molar-refractivity contribution is -0.139. The summed E-state index contributed by atoms with van der Waals surface area (Å²) < 4.78 is 39.8. The van der Waals surface area contributed by atoms with Crippen LogP contribution < -0.4 is 9.62 Å². The number of sulfonamides is 1. The lowest BCUT2D eigenvalue weighted by Gasteiger charge is -2.32. The number of amides is 2. The molecule has 2 amide bonds. The summed E-state index contributed by atoms with van der Waals surface area (Å²) in [6.07, 6.45) is 1.64. The predicted octanol–water partition coefficient (Wildman–Crippen LogP) is 3.34.